The lowest BCUT2D eigenvalue weighted by Crippen LogP contribution is -1.95. The second-order valence-electron chi connectivity index (χ2n) is 4.72. The number of benzene rings is 2. The molecule has 2 aromatic carbocycles. The molecule has 2 aromatic rings. The molecule has 0 fully saturated rings. The van der Waals surface area contributed by atoms with Gasteiger partial charge in [0.15, 0.2) is 5.78 Å². The molecule has 0 radical (unpaired) electrons. The lowest BCUT2D eigenvalue weighted by Gasteiger charge is -2.04. The van der Waals surface area contributed by atoms with Gasteiger partial charge in [0.25, 0.3) is 0 Å². The van der Waals surface area contributed by atoms with Crippen molar-refractivity contribution in [3.63, 3.8) is 0 Å². The molecule has 0 saturated heterocycles. The average Bonchev–Trinajstić information content (AvgIpc) is 2.78. The van der Waals surface area contributed by atoms with Gasteiger partial charge in [0.2, 0.25) is 0 Å². The van der Waals surface area contributed by atoms with Crippen LogP contribution in [-0.2, 0) is 6.42 Å². The maximum Gasteiger partial charge on any atom is 0.189 e. The van der Waals surface area contributed by atoms with Crippen LogP contribution in [0.15, 0.2) is 48.0 Å². The van der Waals surface area contributed by atoms with Gasteiger partial charge in [0, 0.05) is 28.7 Å². The summed E-state index contributed by atoms with van der Waals surface area (Å²) >= 11 is 0. The Bertz CT molecular complexity index is 714. The second-order valence-corrected chi connectivity index (χ2v) is 4.72. The first-order valence-corrected chi connectivity index (χ1v) is 6.40. The van der Waals surface area contributed by atoms with E-state index >= 15 is 0 Å². The molecule has 1 N–H and O–H groups in total. The molecular weight excluding hydrogens is 252 g/mol. The van der Waals surface area contributed by atoms with Crippen LogP contribution in [0.3, 0.4) is 0 Å². The highest BCUT2D eigenvalue weighted by molar-refractivity contribution is 6.16. The third-order valence-corrected chi connectivity index (χ3v) is 3.52. The molecule has 0 atom stereocenters. The molecule has 0 heterocycles. The number of allylic oxidation sites excluding steroid dienone is 1. The smallest absolute Gasteiger partial charge is 0.189 e. The number of aromatic hydroxyl groups is 1. The van der Waals surface area contributed by atoms with Crippen LogP contribution >= 0.6 is 0 Å². The molecule has 20 heavy (non-hydrogen) atoms. The number of phenols is 1. The van der Waals surface area contributed by atoms with Crippen molar-refractivity contribution in [3.8, 4) is 11.5 Å². The largest absolute Gasteiger partial charge is 0.508 e. The zero-order chi connectivity index (χ0) is 14.1. The van der Waals surface area contributed by atoms with Gasteiger partial charge in [-0.2, -0.15) is 0 Å². The Morgan fingerprint density at radius 1 is 1.15 bits per heavy atom. The van der Waals surface area contributed by atoms with E-state index in [-0.39, 0.29) is 11.5 Å². The topological polar surface area (TPSA) is 46.5 Å². The summed E-state index contributed by atoms with van der Waals surface area (Å²) in [6.45, 7) is 0. The summed E-state index contributed by atoms with van der Waals surface area (Å²) < 4.78 is 5.29. The van der Waals surface area contributed by atoms with Crippen LogP contribution in [0.1, 0.15) is 21.5 Å². The number of ether oxygens (including phenoxy) is 1. The van der Waals surface area contributed by atoms with Crippen molar-refractivity contribution in [3.05, 3.63) is 64.7 Å². The highest BCUT2D eigenvalue weighted by atomic mass is 16.5. The number of ketones is 1. The number of fused-ring (bicyclic) bond motifs is 1. The SMILES string of the molecule is COc1ccccc1C=C1Cc2c(O)cccc2C1=O. The van der Waals surface area contributed by atoms with Crippen LogP contribution in [0.25, 0.3) is 6.08 Å². The first kappa shape index (κ1) is 12.5. The second kappa shape index (κ2) is 4.85. The summed E-state index contributed by atoms with van der Waals surface area (Å²) in [5, 5.41) is 9.83. The molecule has 0 bridgehead atoms. The fraction of sp³-hybridized carbons (Fsp3) is 0.118. The molecule has 0 unspecified atom stereocenters. The van der Waals surface area contributed by atoms with E-state index in [1.165, 1.54) is 0 Å². The Morgan fingerprint density at radius 2 is 1.95 bits per heavy atom. The van der Waals surface area contributed by atoms with E-state index in [4.69, 9.17) is 4.74 Å². The molecule has 1 aliphatic carbocycles. The first-order chi connectivity index (χ1) is 9.70. The first-order valence-electron chi connectivity index (χ1n) is 6.40. The van der Waals surface area contributed by atoms with E-state index in [0.717, 1.165) is 11.3 Å². The Kier molecular flexibility index (Phi) is 3.03. The van der Waals surface area contributed by atoms with Crippen LogP contribution in [0.4, 0.5) is 0 Å². The van der Waals surface area contributed by atoms with Crippen LogP contribution in [0.5, 0.6) is 11.5 Å². The summed E-state index contributed by atoms with van der Waals surface area (Å²) in [6.07, 6.45) is 2.29. The molecular formula is C17H14O3. The summed E-state index contributed by atoms with van der Waals surface area (Å²) in [6, 6.07) is 12.6. The molecule has 0 saturated carbocycles. The number of rotatable bonds is 2. The third-order valence-electron chi connectivity index (χ3n) is 3.52. The number of para-hydroxylation sites is 1. The lowest BCUT2D eigenvalue weighted by atomic mass is 10.1. The molecule has 3 rings (SSSR count). The summed E-state index contributed by atoms with van der Waals surface area (Å²) in [5.41, 5.74) is 2.83. The van der Waals surface area contributed by atoms with E-state index in [2.05, 4.69) is 0 Å². The van der Waals surface area contributed by atoms with Crippen LogP contribution in [0.2, 0.25) is 0 Å². The van der Waals surface area contributed by atoms with Gasteiger partial charge in [0.1, 0.15) is 11.5 Å². The van der Waals surface area contributed by atoms with E-state index in [1.54, 1.807) is 25.3 Å². The summed E-state index contributed by atoms with van der Waals surface area (Å²) in [5.74, 6) is 0.883. The van der Waals surface area contributed by atoms with Gasteiger partial charge in [-0.1, -0.05) is 30.3 Å². The lowest BCUT2D eigenvalue weighted by molar-refractivity contribution is 0.104. The molecule has 3 nitrogen and oxygen atoms in total. The highest BCUT2D eigenvalue weighted by Crippen LogP contribution is 2.34. The van der Waals surface area contributed by atoms with Gasteiger partial charge in [0.05, 0.1) is 7.11 Å². The predicted octanol–water partition coefficient (Wildman–Crippen LogP) is 3.22. The average molecular weight is 266 g/mol. The van der Waals surface area contributed by atoms with E-state index in [0.29, 0.717) is 23.1 Å². The van der Waals surface area contributed by atoms with Gasteiger partial charge in [-0.05, 0) is 18.2 Å². The van der Waals surface area contributed by atoms with Gasteiger partial charge in [-0.3, -0.25) is 4.79 Å². The number of carbonyl (C=O) groups excluding carboxylic acids is 1. The van der Waals surface area contributed by atoms with Crippen molar-refractivity contribution < 1.29 is 14.6 Å². The van der Waals surface area contributed by atoms with Crippen molar-refractivity contribution in [1.29, 1.82) is 0 Å². The Balaban J connectivity index is 2.04. The number of hydrogen-bond donors (Lipinski definition) is 1. The zero-order valence-corrected chi connectivity index (χ0v) is 11.1. The molecule has 1 aliphatic rings. The predicted molar refractivity (Wildman–Crippen MR) is 77.1 cm³/mol. The van der Waals surface area contributed by atoms with Crippen molar-refractivity contribution in [1.82, 2.24) is 0 Å². The molecule has 0 spiro atoms. The number of hydrogen-bond acceptors (Lipinski definition) is 3. The van der Waals surface area contributed by atoms with Crippen LogP contribution < -0.4 is 4.74 Å². The number of phenolic OH excluding ortho intramolecular Hbond substituents is 1. The number of carbonyl (C=O) groups is 1. The number of Topliss-reactive ketones (excluding diaryl/α,β-unsaturated/α-hetero) is 1. The monoisotopic (exact) mass is 266 g/mol. The molecule has 3 heteroatoms. The third kappa shape index (κ3) is 1.97. The minimum Gasteiger partial charge on any atom is -0.508 e. The van der Waals surface area contributed by atoms with Crippen molar-refractivity contribution >= 4 is 11.9 Å². The normalized spacial score (nSPS) is 15.4. The Labute approximate surface area is 117 Å². The number of methoxy groups -OCH3 is 1. The van der Waals surface area contributed by atoms with Crippen LogP contribution in [0, 0.1) is 0 Å². The fourth-order valence-electron chi connectivity index (χ4n) is 2.51. The van der Waals surface area contributed by atoms with E-state index in [9.17, 15) is 9.90 Å². The molecule has 100 valence electrons. The highest BCUT2D eigenvalue weighted by Gasteiger charge is 2.27. The fourth-order valence-corrected chi connectivity index (χ4v) is 2.51. The summed E-state index contributed by atoms with van der Waals surface area (Å²) in [7, 11) is 1.61. The van der Waals surface area contributed by atoms with Gasteiger partial charge in [-0.25, -0.2) is 0 Å². The minimum atomic E-state index is -0.0261. The van der Waals surface area contributed by atoms with Crippen LogP contribution in [-0.4, -0.2) is 18.0 Å². The molecule has 0 aliphatic heterocycles. The molecule has 0 amide bonds. The van der Waals surface area contributed by atoms with Crippen molar-refractivity contribution in [2.75, 3.05) is 7.11 Å². The maximum atomic E-state index is 12.3. The molecule has 0 aromatic heterocycles. The Hall–Kier alpha value is -2.55. The van der Waals surface area contributed by atoms with Gasteiger partial charge < -0.3 is 9.84 Å². The standard InChI is InChI=1S/C17H14O3/c1-20-16-8-3-2-5-11(16)9-12-10-14-13(17(12)19)6-4-7-15(14)18/h2-9,18H,10H2,1H3. The minimum absolute atomic E-state index is 0.0261. The Morgan fingerprint density at radius 3 is 2.70 bits per heavy atom. The quantitative estimate of drug-likeness (QED) is 0.849. The van der Waals surface area contributed by atoms with Gasteiger partial charge >= 0.3 is 0 Å². The van der Waals surface area contributed by atoms with Crippen molar-refractivity contribution in [2.24, 2.45) is 0 Å². The summed E-state index contributed by atoms with van der Waals surface area (Å²) in [4.78, 5) is 12.3. The van der Waals surface area contributed by atoms with E-state index < -0.39 is 0 Å². The van der Waals surface area contributed by atoms with Crippen molar-refractivity contribution in [2.45, 2.75) is 6.42 Å². The maximum absolute atomic E-state index is 12.3. The zero-order valence-electron chi connectivity index (χ0n) is 11.1. The van der Waals surface area contributed by atoms with E-state index in [1.807, 2.05) is 30.3 Å². The van der Waals surface area contributed by atoms with Gasteiger partial charge in [-0.15, -0.1) is 0 Å².